The van der Waals surface area contributed by atoms with E-state index < -0.39 is 17.9 Å². The summed E-state index contributed by atoms with van der Waals surface area (Å²) in [4.78, 5) is 61.5. The number of aliphatic hydroxyl groups excluding tert-OH is 1. The number of carboxylic acid groups (broad SMARTS) is 3. The molecule has 0 aromatic heterocycles. The second-order valence-electron chi connectivity index (χ2n) is 6.16. The third kappa shape index (κ3) is 26.0. The predicted octanol–water partition coefficient (Wildman–Crippen LogP) is 2.71. The van der Waals surface area contributed by atoms with Crippen molar-refractivity contribution in [3.63, 3.8) is 0 Å². The first-order valence-corrected chi connectivity index (χ1v) is 10.1. The van der Waals surface area contributed by atoms with Crippen LogP contribution < -0.4 is 0 Å². The number of carboxylic acids is 3. The summed E-state index contributed by atoms with van der Waals surface area (Å²) in [5, 5.41) is 32.9. The zero-order valence-electron chi connectivity index (χ0n) is 20.5. The van der Waals surface area contributed by atoms with Gasteiger partial charge in [0.05, 0.1) is 0 Å². The Morgan fingerprint density at radius 3 is 0.788 bits per heavy atom. The molecule has 0 atom stereocenters. The third-order valence-electron chi connectivity index (χ3n) is 3.62. The van der Waals surface area contributed by atoms with E-state index in [1.807, 2.05) is 0 Å². The fourth-order valence-corrected chi connectivity index (χ4v) is 1.81. The number of hydrogen-bond donors (Lipinski definition) is 4. The van der Waals surface area contributed by atoms with Gasteiger partial charge in [0, 0.05) is 24.0 Å². The number of rotatable bonds is 11. The van der Waals surface area contributed by atoms with Crippen LogP contribution in [0.1, 0.15) is 80.6 Å². The van der Waals surface area contributed by atoms with Gasteiger partial charge in [0.15, 0.2) is 17.9 Å². The van der Waals surface area contributed by atoms with Crippen LogP contribution in [0.4, 0.5) is 0 Å². The molecule has 0 amide bonds. The summed E-state index contributed by atoms with van der Waals surface area (Å²) >= 11 is 0. The molecule has 10 nitrogen and oxygen atoms in total. The fraction of sp³-hybridized carbons (Fsp3) is 0.591. The van der Waals surface area contributed by atoms with Crippen LogP contribution in [0, 0.1) is 17.8 Å². The Morgan fingerprint density at radius 2 is 0.788 bits per heavy atom. The van der Waals surface area contributed by atoms with E-state index in [4.69, 9.17) is 20.4 Å². The summed E-state index contributed by atoms with van der Waals surface area (Å²) in [6.07, 6.45) is 2.93. The minimum absolute atomic E-state index is 0. The van der Waals surface area contributed by atoms with Gasteiger partial charge in [-0.15, -0.1) is 0 Å². The number of aliphatic hydroxyl groups is 1. The van der Waals surface area contributed by atoms with Gasteiger partial charge in [-0.25, -0.2) is 17.8 Å². The van der Waals surface area contributed by atoms with Gasteiger partial charge in [0.1, 0.15) is 0 Å². The first kappa shape index (κ1) is 41.2. The van der Waals surface area contributed by atoms with E-state index in [9.17, 15) is 28.8 Å². The minimum Gasteiger partial charge on any atom is -0.503 e. The largest absolute Gasteiger partial charge is 3.00 e. The van der Waals surface area contributed by atoms with Crippen LogP contribution in [0.15, 0.2) is 0 Å². The average molecular weight is 553 g/mol. The van der Waals surface area contributed by atoms with E-state index in [-0.39, 0.29) is 61.3 Å². The Morgan fingerprint density at radius 1 is 0.576 bits per heavy atom. The van der Waals surface area contributed by atoms with E-state index in [2.05, 4.69) is 6.92 Å². The van der Waals surface area contributed by atoms with E-state index in [0.717, 1.165) is 12.8 Å². The van der Waals surface area contributed by atoms with Gasteiger partial charge in [0.25, 0.3) is 0 Å². The Hall–Kier alpha value is -2.13. The molecule has 0 unspecified atom stereocenters. The summed E-state index contributed by atoms with van der Waals surface area (Å²) in [5.41, 5.74) is 0. The van der Waals surface area contributed by atoms with Crippen molar-refractivity contribution in [2.24, 2.45) is 0 Å². The van der Waals surface area contributed by atoms with Gasteiger partial charge in [-0.3, -0.25) is 14.4 Å². The van der Waals surface area contributed by atoms with Crippen molar-refractivity contribution in [3.8, 4) is 0 Å². The average Bonchev–Trinajstić information content (AvgIpc) is 2.63. The van der Waals surface area contributed by atoms with Gasteiger partial charge >= 0.3 is 26.2 Å². The quantitative estimate of drug-likeness (QED) is 0.219. The van der Waals surface area contributed by atoms with Crippen molar-refractivity contribution in [1.29, 1.82) is 0 Å². The summed E-state index contributed by atoms with van der Waals surface area (Å²) in [5.74, 6) is -4.49. The number of unbranched alkanes of at least 4 members (excludes halogenated alkanes) is 1. The number of carbonyl (C=O) groups excluding carboxylic acids is 3. The van der Waals surface area contributed by atoms with Crippen molar-refractivity contribution in [2.45, 2.75) is 80.6 Å². The first-order chi connectivity index (χ1) is 14.7. The molecule has 0 heterocycles. The minimum atomic E-state index is -1.11. The normalized spacial score (nSPS) is 8.36. The molecule has 0 bridgehead atoms. The molecule has 1 radical (unpaired) electrons. The smallest absolute Gasteiger partial charge is 0.503 e. The van der Waals surface area contributed by atoms with Gasteiger partial charge in [-0.1, -0.05) is 34.1 Å². The van der Waals surface area contributed by atoms with Crippen molar-refractivity contribution in [3.05, 3.63) is 17.8 Å². The van der Waals surface area contributed by atoms with Gasteiger partial charge in [-0.05, 0) is 27.2 Å². The molecule has 0 aliphatic rings. The van der Waals surface area contributed by atoms with Crippen molar-refractivity contribution < 1.29 is 75.4 Å². The molecule has 189 valence electrons. The summed E-state index contributed by atoms with van der Waals surface area (Å²) in [7, 11) is 0. The number of Topliss-reactive ketones (excluding diaryl/α,β-unsaturated/α-hetero) is 3. The van der Waals surface area contributed by atoms with Crippen LogP contribution in [-0.2, 0) is 55.0 Å². The third-order valence-corrected chi connectivity index (χ3v) is 3.62. The summed E-state index contributed by atoms with van der Waals surface area (Å²) in [6, 6.07) is 0. The molecule has 4 N–H and O–H groups in total. The van der Waals surface area contributed by atoms with Crippen LogP contribution in [-0.4, -0.2) is 62.3 Å². The Labute approximate surface area is 215 Å². The van der Waals surface area contributed by atoms with Crippen LogP contribution in [0.5, 0.6) is 0 Å². The molecule has 0 rings (SSSR count). The number of carbonyl (C=O) groups is 6. The van der Waals surface area contributed by atoms with E-state index >= 15 is 0 Å². The van der Waals surface area contributed by atoms with Gasteiger partial charge in [0.2, 0.25) is 0 Å². The zero-order valence-corrected chi connectivity index (χ0v) is 22.9. The molecule has 0 fully saturated rings. The molecule has 0 saturated heterocycles. The Bertz CT molecular complexity index is 470. The van der Waals surface area contributed by atoms with E-state index in [0.29, 0.717) is 25.9 Å². The maximum absolute atomic E-state index is 10.4. The van der Waals surface area contributed by atoms with E-state index in [1.54, 1.807) is 20.8 Å². The fourth-order valence-electron chi connectivity index (χ4n) is 1.81. The Kier molecular flexibility index (Phi) is 32.6. The van der Waals surface area contributed by atoms with Crippen LogP contribution in [0.25, 0.3) is 0 Å². The van der Waals surface area contributed by atoms with Gasteiger partial charge < -0.3 is 34.8 Å². The molecule has 0 spiro atoms. The molecule has 0 aromatic rings. The standard InChI is InChI=1S/3C6H9O3.C4H10O.Zr/c3*1-3-5(4(2)7)6(8)9;1-2-3-4-5;/h3*3H2,1-2H3,(H,8,9);5H,2-4H2,1H3;/q3*-1;;+3. The Balaban J connectivity index is -0.000000107. The molecular formula is C22H37O10Zr. The number of ketones is 3. The predicted molar refractivity (Wildman–Crippen MR) is 118 cm³/mol. The molecule has 11 heteroatoms. The SMILES string of the molecule is CCCCO.CC[C-](C(C)=O)C(=O)O.CC[C-](C(C)=O)C(=O)O.CC[C-](C(C)=O)C(=O)O.[Zr+3]. The molecule has 0 saturated carbocycles. The van der Waals surface area contributed by atoms with Crippen LogP contribution in [0.3, 0.4) is 0 Å². The van der Waals surface area contributed by atoms with E-state index in [1.165, 1.54) is 20.8 Å². The summed E-state index contributed by atoms with van der Waals surface area (Å²) in [6.45, 7) is 11.1. The number of hydrogen-bond acceptors (Lipinski definition) is 7. The summed E-state index contributed by atoms with van der Waals surface area (Å²) < 4.78 is 0. The maximum Gasteiger partial charge on any atom is 3.00 e. The maximum atomic E-state index is 10.4. The second-order valence-corrected chi connectivity index (χ2v) is 6.16. The van der Waals surface area contributed by atoms with Crippen molar-refractivity contribution in [1.82, 2.24) is 0 Å². The van der Waals surface area contributed by atoms with Crippen molar-refractivity contribution in [2.75, 3.05) is 6.61 Å². The molecule has 33 heavy (non-hydrogen) atoms. The topological polar surface area (TPSA) is 183 Å². The van der Waals surface area contributed by atoms with Crippen molar-refractivity contribution >= 4 is 35.3 Å². The molecule has 0 aliphatic heterocycles. The van der Waals surface area contributed by atoms with Gasteiger partial charge in [-0.2, -0.15) is 19.3 Å². The molecule has 0 aliphatic carbocycles. The van der Waals surface area contributed by atoms with Crippen LogP contribution >= 0.6 is 0 Å². The zero-order chi connectivity index (χ0) is 26.4. The molecular weight excluding hydrogens is 515 g/mol. The first-order valence-electron chi connectivity index (χ1n) is 10.1. The van der Waals surface area contributed by atoms with Crippen LogP contribution in [0.2, 0.25) is 0 Å². The number of aliphatic carboxylic acids is 3. The monoisotopic (exact) mass is 551 g/mol. The molecule has 0 aromatic carbocycles. The second kappa shape index (κ2) is 26.1.